The molecule has 2 heterocycles. The number of nitrogens with zero attached hydrogens (tertiary/aromatic N) is 5. The zero-order valence-corrected chi connectivity index (χ0v) is 17.1. The molecule has 0 bridgehead atoms. The Kier molecular flexibility index (Phi) is 6.27. The molecule has 0 atom stereocenters. The minimum atomic E-state index is -4.67. The van der Waals surface area contributed by atoms with Crippen LogP contribution in [0.25, 0.3) is 5.78 Å². The number of amides is 1. The van der Waals surface area contributed by atoms with E-state index in [0.29, 0.717) is 29.4 Å². The van der Waals surface area contributed by atoms with Crippen LogP contribution >= 0.6 is 0 Å². The number of carbonyl (C=O) groups is 2. The molecule has 164 valence electrons. The lowest BCUT2D eigenvalue weighted by atomic mass is 10.1. The first-order chi connectivity index (χ1) is 14.1. The molecule has 0 unspecified atom stereocenters. The van der Waals surface area contributed by atoms with Crippen LogP contribution in [0.5, 0.6) is 0 Å². The normalized spacial score (nSPS) is 14.2. The van der Waals surface area contributed by atoms with Crippen molar-refractivity contribution < 1.29 is 27.5 Å². The number of esters is 1. The SMILES string of the molecule is CCOC(=O)CN(CC1CC1)C(=O)CCc1c(C)nc2nc(C(F)(F)F)nn2c1C. The van der Waals surface area contributed by atoms with E-state index in [1.165, 1.54) is 4.90 Å². The van der Waals surface area contributed by atoms with Gasteiger partial charge >= 0.3 is 12.1 Å². The van der Waals surface area contributed by atoms with E-state index in [-0.39, 0.29) is 37.7 Å². The number of hydrogen-bond acceptors (Lipinski definition) is 6. The summed E-state index contributed by atoms with van der Waals surface area (Å²) in [6.45, 7) is 5.63. The molecule has 0 saturated heterocycles. The molecule has 0 aromatic carbocycles. The average molecular weight is 427 g/mol. The molecule has 1 aliphatic carbocycles. The van der Waals surface area contributed by atoms with Crippen LogP contribution in [0.15, 0.2) is 0 Å². The van der Waals surface area contributed by atoms with Crippen LogP contribution in [0.3, 0.4) is 0 Å². The Balaban J connectivity index is 1.75. The van der Waals surface area contributed by atoms with Crippen LogP contribution < -0.4 is 0 Å². The Morgan fingerprint density at radius 2 is 1.93 bits per heavy atom. The highest BCUT2D eigenvalue weighted by Gasteiger charge is 2.37. The summed E-state index contributed by atoms with van der Waals surface area (Å²) in [4.78, 5) is 33.7. The van der Waals surface area contributed by atoms with E-state index in [4.69, 9.17) is 4.74 Å². The van der Waals surface area contributed by atoms with Gasteiger partial charge in [0.2, 0.25) is 5.91 Å². The number of halogens is 3. The second kappa shape index (κ2) is 8.57. The van der Waals surface area contributed by atoms with Crippen molar-refractivity contribution in [3.8, 4) is 0 Å². The molecule has 1 fully saturated rings. The lowest BCUT2D eigenvalue weighted by Crippen LogP contribution is -2.38. The molecule has 8 nitrogen and oxygen atoms in total. The van der Waals surface area contributed by atoms with E-state index in [1.54, 1.807) is 20.8 Å². The van der Waals surface area contributed by atoms with Crippen molar-refractivity contribution in [1.29, 1.82) is 0 Å². The van der Waals surface area contributed by atoms with Crippen molar-refractivity contribution in [2.75, 3.05) is 19.7 Å². The quantitative estimate of drug-likeness (QED) is 0.602. The Bertz CT molecular complexity index is 953. The van der Waals surface area contributed by atoms with Gasteiger partial charge in [0, 0.05) is 24.4 Å². The molecule has 1 amide bonds. The van der Waals surface area contributed by atoms with Crippen LogP contribution in [0.4, 0.5) is 13.2 Å². The predicted molar refractivity (Wildman–Crippen MR) is 99.5 cm³/mol. The van der Waals surface area contributed by atoms with Crippen LogP contribution in [0, 0.1) is 19.8 Å². The summed E-state index contributed by atoms with van der Waals surface area (Å²) < 4.78 is 44.7. The number of aryl methyl sites for hydroxylation is 2. The molecule has 0 spiro atoms. The third kappa shape index (κ3) is 5.06. The number of carbonyl (C=O) groups excluding carboxylic acids is 2. The highest BCUT2D eigenvalue weighted by molar-refractivity contribution is 5.82. The van der Waals surface area contributed by atoms with E-state index < -0.39 is 18.0 Å². The van der Waals surface area contributed by atoms with Gasteiger partial charge < -0.3 is 9.64 Å². The van der Waals surface area contributed by atoms with Crippen molar-refractivity contribution in [2.24, 2.45) is 5.92 Å². The van der Waals surface area contributed by atoms with E-state index in [0.717, 1.165) is 17.4 Å². The molecule has 30 heavy (non-hydrogen) atoms. The van der Waals surface area contributed by atoms with E-state index >= 15 is 0 Å². The molecule has 2 aromatic heterocycles. The summed E-state index contributed by atoms with van der Waals surface area (Å²) in [6, 6.07) is 0. The summed E-state index contributed by atoms with van der Waals surface area (Å²) in [5.41, 5.74) is 1.58. The molecule has 1 aliphatic rings. The van der Waals surface area contributed by atoms with Crippen LogP contribution in [-0.2, 0) is 26.9 Å². The fourth-order valence-electron chi connectivity index (χ4n) is 3.31. The maximum atomic E-state index is 12.9. The van der Waals surface area contributed by atoms with E-state index in [9.17, 15) is 22.8 Å². The molecule has 11 heteroatoms. The van der Waals surface area contributed by atoms with Gasteiger partial charge in [-0.15, -0.1) is 5.10 Å². The van der Waals surface area contributed by atoms with Crippen LogP contribution in [-0.4, -0.2) is 56.1 Å². The Morgan fingerprint density at radius 3 is 2.53 bits per heavy atom. The van der Waals surface area contributed by atoms with Crippen LogP contribution in [0.1, 0.15) is 49.0 Å². The maximum absolute atomic E-state index is 12.9. The minimum Gasteiger partial charge on any atom is -0.465 e. The van der Waals surface area contributed by atoms with Gasteiger partial charge in [0.1, 0.15) is 6.54 Å². The number of aromatic nitrogens is 4. The molecule has 0 aliphatic heterocycles. The zero-order chi connectivity index (χ0) is 22.1. The fraction of sp³-hybridized carbons (Fsp3) is 0.632. The summed E-state index contributed by atoms with van der Waals surface area (Å²) in [6.07, 6.45) is -2.24. The Hall–Kier alpha value is -2.72. The maximum Gasteiger partial charge on any atom is 0.453 e. The topological polar surface area (TPSA) is 89.7 Å². The number of rotatable bonds is 8. The predicted octanol–water partition coefficient (Wildman–Crippen LogP) is 2.49. The number of hydrogen-bond donors (Lipinski definition) is 0. The smallest absolute Gasteiger partial charge is 0.453 e. The summed E-state index contributed by atoms with van der Waals surface area (Å²) in [7, 11) is 0. The first kappa shape index (κ1) is 22.0. The molecule has 0 radical (unpaired) electrons. The highest BCUT2D eigenvalue weighted by Crippen LogP contribution is 2.30. The second-order valence-corrected chi connectivity index (χ2v) is 7.43. The van der Waals surface area contributed by atoms with E-state index in [1.807, 2.05) is 0 Å². The van der Waals surface area contributed by atoms with Gasteiger partial charge in [0.25, 0.3) is 11.6 Å². The van der Waals surface area contributed by atoms with Crippen molar-refractivity contribution in [1.82, 2.24) is 24.5 Å². The Morgan fingerprint density at radius 1 is 1.23 bits per heavy atom. The molecule has 0 N–H and O–H groups in total. The number of ether oxygens (including phenoxy) is 1. The lowest BCUT2D eigenvalue weighted by Gasteiger charge is -2.22. The lowest BCUT2D eigenvalue weighted by molar-refractivity contribution is -0.149. The third-order valence-electron chi connectivity index (χ3n) is 5.04. The summed E-state index contributed by atoms with van der Waals surface area (Å²) >= 11 is 0. The number of fused-ring (bicyclic) bond motifs is 1. The van der Waals surface area contributed by atoms with Gasteiger partial charge in [0.15, 0.2) is 0 Å². The van der Waals surface area contributed by atoms with Crippen molar-refractivity contribution >= 4 is 17.7 Å². The second-order valence-electron chi connectivity index (χ2n) is 7.43. The largest absolute Gasteiger partial charge is 0.465 e. The molecular weight excluding hydrogens is 403 g/mol. The molecule has 1 saturated carbocycles. The van der Waals surface area contributed by atoms with Crippen molar-refractivity contribution in [3.05, 3.63) is 22.8 Å². The first-order valence-corrected chi connectivity index (χ1v) is 9.83. The fourth-order valence-corrected chi connectivity index (χ4v) is 3.31. The summed E-state index contributed by atoms with van der Waals surface area (Å²) in [5, 5.41) is 3.52. The van der Waals surface area contributed by atoms with Gasteiger partial charge in [-0.3, -0.25) is 9.59 Å². The van der Waals surface area contributed by atoms with Gasteiger partial charge in [-0.05, 0) is 51.5 Å². The average Bonchev–Trinajstić information content (AvgIpc) is 3.35. The van der Waals surface area contributed by atoms with Gasteiger partial charge in [-0.1, -0.05) is 0 Å². The standard InChI is InChI=1S/C19H24F3N5O3/c1-4-30-16(29)10-26(9-13-5-6-13)15(28)8-7-14-11(2)23-18-24-17(19(20,21)22)25-27(18)12(14)3/h13H,4-10H2,1-3H3. The van der Waals surface area contributed by atoms with Gasteiger partial charge in [0.05, 0.1) is 6.61 Å². The molecule has 3 rings (SSSR count). The van der Waals surface area contributed by atoms with Crippen molar-refractivity contribution in [2.45, 2.75) is 52.6 Å². The van der Waals surface area contributed by atoms with Gasteiger partial charge in [-0.25, -0.2) is 9.50 Å². The first-order valence-electron chi connectivity index (χ1n) is 9.83. The summed E-state index contributed by atoms with van der Waals surface area (Å²) in [5.74, 6) is -1.64. The van der Waals surface area contributed by atoms with E-state index in [2.05, 4.69) is 15.1 Å². The van der Waals surface area contributed by atoms with Crippen molar-refractivity contribution in [3.63, 3.8) is 0 Å². The van der Waals surface area contributed by atoms with Gasteiger partial charge in [-0.2, -0.15) is 18.2 Å². The molecule has 2 aromatic rings. The monoisotopic (exact) mass is 427 g/mol. The Labute approximate surface area is 171 Å². The third-order valence-corrected chi connectivity index (χ3v) is 5.04. The minimum absolute atomic E-state index is 0.0990. The highest BCUT2D eigenvalue weighted by atomic mass is 19.4. The zero-order valence-electron chi connectivity index (χ0n) is 17.1. The number of alkyl halides is 3. The molecular formula is C19H24F3N5O3. The van der Waals surface area contributed by atoms with Crippen LogP contribution in [0.2, 0.25) is 0 Å².